The SMILES string of the molecule is OCc1ccc(Oc2ccc(Cl)c(Cl)c2)c(F)c1. The van der Waals surface area contributed by atoms with Gasteiger partial charge in [0.25, 0.3) is 0 Å². The van der Waals surface area contributed by atoms with Crippen LogP contribution < -0.4 is 4.74 Å². The number of ether oxygens (including phenoxy) is 1. The van der Waals surface area contributed by atoms with Gasteiger partial charge in [0.1, 0.15) is 5.75 Å². The Hall–Kier alpha value is -1.29. The number of aliphatic hydroxyl groups excluding tert-OH is 1. The van der Waals surface area contributed by atoms with E-state index in [2.05, 4.69) is 0 Å². The molecule has 2 aromatic rings. The van der Waals surface area contributed by atoms with E-state index in [1.54, 1.807) is 18.2 Å². The van der Waals surface area contributed by atoms with Crippen LogP contribution in [-0.4, -0.2) is 5.11 Å². The van der Waals surface area contributed by atoms with Crippen molar-refractivity contribution in [1.29, 1.82) is 0 Å². The molecule has 0 amide bonds. The number of hydrogen-bond acceptors (Lipinski definition) is 2. The van der Waals surface area contributed by atoms with E-state index in [0.717, 1.165) is 0 Å². The van der Waals surface area contributed by atoms with Crippen LogP contribution in [0.3, 0.4) is 0 Å². The number of rotatable bonds is 3. The predicted octanol–water partition coefficient (Wildman–Crippen LogP) is 4.42. The molecule has 18 heavy (non-hydrogen) atoms. The van der Waals surface area contributed by atoms with E-state index in [9.17, 15) is 4.39 Å². The Morgan fingerprint density at radius 1 is 1.06 bits per heavy atom. The molecule has 0 fully saturated rings. The summed E-state index contributed by atoms with van der Waals surface area (Å²) in [6.07, 6.45) is 0. The molecule has 0 aliphatic heterocycles. The molecule has 2 aromatic carbocycles. The fourth-order valence-electron chi connectivity index (χ4n) is 1.39. The Labute approximate surface area is 114 Å². The van der Waals surface area contributed by atoms with Gasteiger partial charge in [0.2, 0.25) is 0 Å². The molecular weight excluding hydrogens is 278 g/mol. The molecule has 0 bridgehead atoms. The van der Waals surface area contributed by atoms with Gasteiger partial charge in [-0.2, -0.15) is 0 Å². The smallest absolute Gasteiger partial charge is 0.166 e. The van der Waals surface area contributed by atoms with Crippen molar-refractivity contribution in [3.8, 4) is 11.5 Å². The molecule has 5 heteroatoms. The molecule has 0 heterocycles. The Bertz CT molecular complexity index is 573. The lowest BCUT2D eigenvalue weighted by Gasteiger charge is -2.08. The lowest BCUT2D eigenvalue weighted by Crippen LogP contribution is -1.91. The van der Waals surface area contributed by atoms with E-state index < -0.39 is 5.82 Å². The second-order valence-corrected chi connectivity index (χ2v) is 4.42. The van der Waals surface area contributed by atoms with Crippen molar-refractivity contribution >= 4 is 23.2 Å². The van der Waals surface area contributed by atoms with Gasteiger partial charge in [-0.25, -0.2) is 4.39 Å². The van der Waals surface area contributed by atoms with E-state index in [1.165, 1.54) is 18.2 Å². The van der Waals surface area contributed by atoms with E-state index in [4.69, 9.17) is 33.0 Å². The van der Waals surface area contributed by atoms with E-state index in [-0.39, 0.29) is 12.4 Å². The minimum Gasteiger partial charge on any atom is -0.454 e. The standard InChI is InChI=1S/C13H9Cl2FO2/c14-10-3-2-9(6-11(10)15)18-13-4-1-8(7-17)5-12(13)16/h1-6,17H,7H2. The first kappa shape index (κ1) is 13.1. The van der Waals surface area contributed by atoms with Gasteiger partial charge in [-0.15, -0.1) is 0 Å². The zero-order valence-corrected chi connectivity index (χ0v) is 10.7. The topological polar surface area (TPSA) is 29.5 Å². The van der Waals surface area contributed by atoms with Gasteiger partial charge in [-0.05, 0) is 29.8 Å². The normalized spacial score (nSPS) is 10.4. The Morgan fingerprint density at radius 2 is 1.83 bits per heavy atom. The van der Waals surface area contributed by atoms with E-state index in [1.807, 2.05) is 0 Å². The molecule has 0 radical (unpaired) electrons. The molecule has 0 spiro atoms. The van der Waals surface area contributed by atoms with Crippen molar-refractivity contribution in [1.82, 2.24) is 0 Å². The zero-order valence-electron chi connectivity index (χ0n) is 9.16. The van der Waals surface area contributed by atoms with E-state index >= 15 is 0 Å². The average molecular weight is 287 g/mol. The largest absolute Gasteiger partial charge is 0.454 e. The van der Waals surface area contributed by atoms with Crippen molar-refractivity contribution in [2.24, 2.45) is 0 Å². The van der Waals surface area contributed by atoms with Crippen LogP contribution in [0.15, 0.2) is 36.4 Å². The van der Waals surface area contributed by atoms with Crippen molar-refractivity contribution in [3.05, 3.63) is 57.8 Å². The van der Waals surface area contributed by atoms with Crippen molar-refractivity contribution < 1.29 is 14.2 Å². The van der Waals surface area contributed by atoms with Crippen LogP contribution in [0.2, 0.25) is 10.0 Å². The highest BCUT2D eigenvalue weighted by Crippen LogP contribution is 2.30. The van der Waals surface area contributed by atoms with Crippen LogP contribution in [-0.2, 0) is 6.61 Å². The number of halogens is 3. The van der Waals surface area contributed by atoms with Gasteiger partial charge >= 0.3 is 0 Å². The van der Waals surface area contributed by atoms with Crippen LogP contribution in [0.5, 0.6) is 11.5 Å². The summed E-state index contributed by atoms with van der Waals surface area (Å²) < 4.78 is 19.0. The van der Waals surface area contributed by atoms with Gasteiger partial charge in [0, 0.05) is 6.07 Å². The monoisotopic (exact) mass is 286 g/mol. The summed E-state index contributed by atoms with van der Waals surface area (Å²) >= 11 is 11.6. The van der Waals surface area contributed by atoms with Crippen molar-refractivity contribution in [3.63, 3.8) is 0 Å². The maximum absolute atomic E-state index is 13.6. The van der Waals surface area contributed by atoms with E-state index in [0.29, 0.717) is 21.4 Å². The lowest BCUT2D eigenvalue weighted by atomic mass is 10.2. The van der Waals surface area contributed by atoms with Crippen LogP contribution >= 0.6 is 23.2 Å². The summed E-state index contributed by atoms with van der Waals surface area (Å²) in [5, 5.41) is 9.61. The third-order valence-electron chi connectivity index (χ3n) is 2.30. The summed E-state index contributed by atoms with van der Waals surface area (Å²) in [4.78, 5) is 0. The second kappa shape index (κ2) is 5.57. The fraction of sp³-hybridized carbons (Fsp3) is 0.0769. The highest BCUT2D eigenvalue weighted by molar-refractivity contribution is 6.42. The molecule has 2 nitrogen and oxygen atoms in total. The van der Waals surface area contributed by atoms with Crippen LogP contribution in [0.4, 0.5) is 4.39 Å². The van der Waals surface area contributed by atoms with Crippen LogP contribution in [0.1, 0.15) is 5.56 Å². The molecule has 2 rings (SSSR count). The van der Waals surface area contributed by atoms with Gasteiger partial charge in [0.15, 0.2) is 11.6 Å². The number of benzene rings is 2. The minimum atomic E-state index is -0.548. The van der Waals surface area contributed by atoms with Crippen LogP contribution in [0.25, 0.3) is 0 Å². The highest BCUT2D eigenvalue weighted by atomic mass is 35.5. The van der Waals surface area contributed by atoms with Gasteiger partial charge in [0.05, 0.1) is 16.7 Å². The quantitative estimate of drug-likeness (QED) is 0.905. The summed E-state index contributed by atoms with van der Waals surface area (Å²) in [6.45, 7) is -0.218. The maximum Gasteiger partial charge on any atom is 0.166 e. The third-order valence-corrected chi connectivity index (χ3v) is 3.04. The third kappa shape index (κ3) is 2.93. The van der Waals surface area contributed by atoms with Gasteiger partial charge in [-0.3, -0.25) is 0 Å². The Balaban J connectivity index is 2.25. The maximum atomic E-state index is 13.6. The van der Waals surface area contributed by atoms with Gasteiger partial charge < -0.3 is 9.84 Å². The summed E-state index contributed by atoms with van der Waals surface area (Å²) in [5.74, 6) is -0.0988. The Kier molecular flexibility index (Phi) is 4.07. The molecule has 0 unspecified atom stereocenters. The number of hydrogen-bond donors (Lipinski definition) is 1. The first-order valence-electron chi connectivity index (χ1n) is 5.12. The molecule has 0 atom stereocenters. The molecule has 0 saturated heterocycles. The molecule has 0 aliphatic rings. The zero-order chi connectivity index (χ0) is 13.1. The second-order valence-electron chi connectivity index (χ2n) is 3.60. The van der Waals surface area contributed by atoms with Gasteiger partial charge in [-0.1, -0.05) is 29.3 Å². The van der Waals surface area contributed by atoms with Crippen LogP contribution in [0, 0.1) is 5.82 Å². The highest BCUT2D eigenvalue weighted by Gasteiger charge is 2.07. The fourth-order valence-corrected chi connectivity index (χ4v) is 1.68. The predicted molar refractivity (Wildman–Crippen MR) is 68.9 cm³/mol. The Morgan fingerprint density at radius 3 is 2.44 bits per heavy atom. The molecule has 0 aliphatic carbocycles. The summed E-state index contributed by atoms with van der Waals surface area (Å²) in [6, 6.07) is 8.91. The minimum absolute atomic E-state index is 0.0607. The summed E-state index contributed by atoms with van der Waals surface area (Å²) in [5.41, 5.74) is 0.481. The summed E-state index contributed by atoms with van der Waals surface area (Å²) in [7, 11) is 0. The average Bonchev–Trinajstić information content (AvgIpc) is 2.36. The first-order chi connectivity index (χ1) is 8.60. The van der Waals surface area contributed by atoms with Crippen molar-refractivity contribution in [2.75, 3.05) is 0 Å². The number of aliphatic hydroxyl groups is 1. The molecule has 0 saturated carbocycles. The van der Waals surface area contributed by atoms with Crippen molar-refractivity contribution in [2.45, 2.75) is 6.61 Å². The molecular formula is C13H9Cl2FO2. The molecule has 0 aromatic heterocycles. The molecule has 94 valence electrons. The first-order valence-corrected chi connectivity index (χ1v) is 5.88. The molecule has 1 N–H and O–H groups in total. The lowest BCUT2D eigenvalue weighted by molar-refractivity contribution is 0.281.